The first kappa shape index (κ1) is 8.94. The van der Waals surface area contributed by atoms with Gasteiger partial charge >= 0.3 is 0 Å². The summed E-state index contributed by atoms with van der Waals surface area (Å²) < 4.78 is 1.81. The van der Waals surface area contributed by atoms with Gasteiger partial charge in [0.25, 0.3) is 0 Å². The van der Waals surface area contributed by atoms with Crippen molar-refractivity contribution in [2.24, 2.45) is 0 Å². The highest BCUT2D eigenvalue weighted by Crippen LogP contribution is 2.09. The molecule has 0 N–H and O–H groups in total. The quantitative estimate of drug-likeness (QED) is 0.739. The Kier molecular flexibility index (Phi) is 2.58. The summed E-state index contributed by atoms with van der Waals surface area (Å²) in [5, 5.41) is 8.11. The number of unbranched alkanes of at least 4 members (excludes halogenated alkanes) is 1. The molecule has 1 aromatic heterocycles. The van der Waals surface area contributed by atoms with E-state index in [9.17, 15) is 0 Å². The van der Waals surface area contributed by atoms with Gasteiger partial charge in [0.1, 0.15) is 5.52 Å². The Morgan fingerprint density at radius 2 is 2.21 bits per heavy atom. The Bertz CT molecular complexity index is 442. The molecule has 2 aromatic rings. The molecule has 0 fully saturated rings. The molecule has 0 bridgehead atoms. The number of aromatic nitrogens is 3. The van der Waals surface area contributed by atoms with Gasteiger partial charge in [0.2, 0.25) is 0 Å². The van der Waals surface area contributed by atoms with E-state index in [4.69, 9.17) is 0 Å². The van der Waals surface area contributed by atoms with Crippen molar-refractivity contribution in [2.75, 3.05) is 0 Å². The molecule has 0 saturated carbocycles. The summed E-state index contributed by atoms with van der Waals surface area (Å²) in [6.45, 7) is 2.16. The summed E-state index contributed by atoms with van der Waals surface area (Å²) in [5.74, 6) is 0. The maximum absolute atomic E-state index is 4.06. The number of fused-ring (bicyclic) bond motifs is 1. The Balaban J connectivity index is 2.34. The van der Waals surface area contributed by atoms with Crippen LogP contribution in [-0.4, -0.2) is 15.0 Å². The Morgan fingerprint density at radius 3 is 3.07 bits per heavy atom. The second kappa shape index (κ2) is 4.05. The van der Waals surface area contributed by atoms with Crippen molar-refractivity contribution < 1.29 is 0 Å². The van der Waals surface area contributed by atoms with Crippen LogP contribution in [0.2, 0.25) is 0 Å². The minimum Gasteiger partial charge on any atom is -0.220 e. The molecule has 0 spiro atoms. The molecule has 1 heterocycles. The number of nitrogens with zero attached hydrogens (tertiary/aromatic N) is 3. The van der Waals surface area contributed by atoms with Crippen molar-refractivity contribution in [3.05, 3.63) is 30.3 Å². The zero-order chi connectivity index (χ0) is 9.80. The predicted molar refractivity (Wildman–Crippen MR) is 57.8 cm³/mol. The van der Waals surface area contributed by atoms with E-state index in [0.717, 1.165) is 23.9 Å². The molecule has 0 radical (unpaired) electrons. The van der Waals surface area contributed by atoms with Crippen LogP contribution in [0.5, 0.6) is 0 Å². The van der Waals surface area contributed by atoms with Gasteiger partial charge in [-0.2, -0.15) is 0 Å². The minimum absolute atomic E-state index is 0.939. The van der Waals surface area contributed by atoms with Gasteiger partial charge in [-0.25, -0.2) is 4.68 Å². The molecule has 0 atom stereocenters. The third-order valence-electron chi connectivity index (χ3n) is 2.08. The maximum Gasteiger partial charge on any atom is 0.113 e. The lowest BCUT2D eigenvalue weighted by molar-refractivity contribution is 0.854. The summed E-state index contributed by atoms with van der Waals surface area (Å²) in [7, 11) is 0. The van der Waals surface area contributed by atoms with E-state index < -0.39 is 0 Å². The molecule has 0 amide bonds. The van der Waals surface area contributed by atoms with Crippen LogP contribution in [-0.2, 0) is 0 Å². The third kappa shape index (κ3) is 1.66. The molecule has 2 rings (SSSR count). The van der Waals surface area contributed by atoms with Crippen molar-refractivity contribution in [3.63, 3.8) is 0 Å². The van der Waals surface area contributed by atoms with E-state index in [1.165, 1.54) is 0 Å². The number of benzene rings is 1. The van der Waals surface area contributed by atoms with Gasteiger partial charge in [-0.05, 0) is 18.6 Å². The van der Waals surface area contributed by atoms with Gasteiger partial charge in [0.05, 0.1) is 5.52 Å². The molecule has 3 heteroatoms. The lowest BCUT2D eigenvalue weighted by Gasteiger charge is -1.92. The van der Waals surface area contributed by atoms with Gasteiger partial charge in [-0.15, -0.1) is 5.10 Å². The molecule has 72 valence electrons. The largest absolute Gasteiger partial charge is 0.220 e. The predicted octanol–water partition coefficient (Wildman–Crippen LogP) is 2.70. The van der Waals surface area contributed by atoms with E-state index in [1.807, 2.05) is 35.1 Å². The fourth-order valence-corrected chi connectivity index (χ4v) is 1.34. The van der Waals surface area contributed by atoms with Crippen LogP contribution >= 0.6 is 0 Å². The maximum atomic E-state index is 4.06. The molecule has 0 saturated heterocycles. The molecule has 1 aromatic carbocycles. The van der Waals surface area contributed by atoms with Crippen LogP contribution in [0, 0.1) is 0 Å². The summed E-state index contributed by atoms with van der Waals surface area (Å²) in [6, 6.07) is 7.95. The summed E-state index contributed by atoms with van der Waals surface area (Å²) >= 11 is 0. The average Bonchev–Trinajstić information content (AvgIpc) is 2.63. The van der Waals surface area contributed by atoms with E-state index in [1.54, 1.807) is 0 Å². The van der Waals surface area contributed by atoms with Crippen molar-refractivity contribution in [2.45, 2.75) is 19.8 Å². The molecule has 14 heavy (non-hydrogen) atoms. The lowest BCUT2D eigenvalue weighted by Crippen LogP contribution is -1.87. The van der Waals surface area contributed by atoms with Gasteiger partial charge in [0, 0.05) is 6.20 Å². The molecular weight excluding hydrogens is 174 g/mol. The van der Waals surface area contributed by atoms with Gasteiger partial charge in [-0.3, -0.25) is 0 Å². The Morgan fingerprint density at radius 1 is 1.36 bits per heavy atom. The molecule has 0 aliphatic carbocycles. The van der Waals surface area contributed by atoms with Crippen molar-refractivity contribution in [3.8, 4) is 0 Å². The second-order valence-electron chi connectivity index (χ2n) is 3.20. The van der Waals surface area contributed by atoms with E-state index in [-0.39, 0.29) is 0 Å². The molecular formula is C11H13N3. The normalized spacial score (nSPS) is 11.5. The van der Waals surface area contributed by atoms with Crippen LogP contribution in [0.15, 0.2) is 30.3 Å². The highest BCUT2D eigenvalue weighted by molar-refractivity contribution is 5.75. The Hall–Kier alpha value is -1.64. The zero-order valence-electron chi connectivity index (χ0n) is 8.22. The van der Waals surface area contributed by atoms with Crippen LogP contribution in [0.25, 0.3) is 17.2 Å². The number of hydrogen-bond donors (Lipinski definition) is 0. The average molecular weight is 187 g/mol. The molecule has 0 aliphatic rings. The SMILES string of the molecule is CCC/C=C/n1nnc2ccccc21. The zero-order valence-corrected chi connectivity index (χ0v) is 8.22. The van der Waals surface area contributed by atoms with Crippen LogP contribution in [0.4, 0.5) is 0 Å². The van der Waals surface area contributed by atoms with E-state index >= 15 is 0 Å². The van der Waals surface area contributed by atoms with Gasteiger partial charge in [0.15, 0.2) is 0 Å². The first-order chi connectivity index (χ1) is 6.92. The van der Waals surface area contributed by atoms with Crippen LogP contribution in [0.3, 0.4) is 0 Å². The van der Waals surface area contributed by atoms with Crippen molar-refractivity contribution in [1.82, 2.24) is 15.0 Å². The first-order valence-corrected chi connectivity index (χ1v) is 4.88. The molecule has 0 unspecified atom stereocenters. The topological polar surface area (TPSA) is 30.7 Å². The third-order valence-corrected chi connectivity index (χ3v) is 2.08. The van der Waals surface area contributed by atoms with Crippen molar-refractivity contribution in [1.29, 1.82) is 0 Å². The molecule has 0 aliphatic heterocycles. The standard InChI is InChI=1S/C11H13N3/c1-2-3-6-9-14-11-8-5-4-7-10(11)12-13-14/h4-9H,2-3H2,1H3/b9-6+. The van der Waals surface area contributed by atoms with Crippen molar-refractivity contribution >= 4 is 17.2 Å². The number of allylic oxidation sites excluding steroid dienone is 1. The lowest BCUT2D eigenvalue weighted by atomic mass is 10.3. The van der Waals surface area contributed by atoms with Gasteiger partial charge < -0.3 is 0 Å². The highest BCUT2D eigenvalue weighted by atomic mass is 15.4. The Labute approximate surface area is 83.0 Å². The smallest absolute Gasteiger partial charge is 0.113 e. The minimum atomic E-state index is 0.939. The van der Waals surface area contributed by atoms with E-state index in [2.05, 4.69) is 23.3 Å². The monoisotopic (exact) mass is 187 g/mol. The summed E-state index contributed by atoms with van der Waals surface area (Å²) in [5.41, 5.74) is 1.99. The van der Waals surface area contributed by atoms with Gasteiger partial charge in [-0.1, -0.05) is 36.8 Å². The van der Waals surface area contributed by atoms with Crippen LogP contribution in [0.1, 0.15) is 19.8 Å². The number of rotatable bonds is 3. The summed E-state index contributed by atoms with van der Waals surface area (Å²) in [4.78, 5) is 0. The number of para-hydroxylation sites is 1. The highest BCUT2D eigenvalue weighted by Gasteiger charge is 1.98. The van der Waals surface area contributed by atoms with E-state index in [0.29, 0.717) is 0 Å². The van der Waals surface area contributed by atoms with Crippen LogP contribution < -0.4 is 0 Å². The fraction of sp³-hybridized carbons (Fsp3) is 0.273. The first-order valence-electron chi connectivity index (χ1n) is 4.88. The summed E-state index contributed by atoms with van der Waals surface area (Å²) in [6.07, 6.45) is 6.32. The number of hydrogen-bond acceptors (Lipinski definition) is 2. The molecule has 3 nitrogen and oxygen atoms in total. The fourth-order valence-electron chi connectivity index (χ4n) is 1.34. The second-order valence-corrected chi connectivity index (χ2v) is 3.20.